The van der Waals surface area contributed by atoms with Crippen LogP contribution in [0.3, 0.4) is 0 Å². The second kappa shape index (κ2) is 11.4. The van der Waals surface area contributed by atoms with Crippen molar-refractivity contribution in [2.75, 3.05) is 27.7 Å². The third kappa shape index (κ3) is 5.25. The molecule has 0 bridgehead atoms. The molecule has 0 radical (unpaired) electrons. The predicted molar refractivity (Wildman–Crippen MR) is 154 cm³/mol. The zero-order valence-corrected chi connectivity index (χ0v) is 24.7. The summed E-state index contributed by atoms with van der Waals surface area (Å²) in [7, 11) is 4.53. The highest BCUT2D eigenvalue weighted by atomic mass is 19.4. The fraction of sp³-hybridized carbons (Fsp3) is 0.452. The maximum absolute atomic E-state index is 14.0. The smallest absolute Gasteiger partial charge is 0.401 e. The van der Waals surface area contributed by atoms with Gasteiger partial charge < -0.3 is 41.1 Å². The van der Waals surface area contributed by atoms with Crippen LogP contribution in [0.5, 0.6) is 11.5 Å². The highest BCUT2D eigenvalue weighted by Gasteiger charge is 2.67. The summed E-state index contributed by atoms with van der Waals surface area (Å²) in [4.78, 5) is 41.3. The van der Waals surface area contributed by atoms with Crippen LogP contribution in [-0.2, 0) is 27.3 Å². The van der Waals surface area contributed by atoms with Crippen LogP contribution in [0.15, 0.2) is 35.9 Å². The SMILES string of the molecule is COc1ccc(CNCC(F)(F)F)cc1-c1ccc(O)c2c1C[C@H]1C[C@H]3C(N(C)C)C(O)C(C(N)=O)C(=O)[C@@]3(O)C(=O)C1=C2O. The van der Waals surface area contributed by atoms with E-state index in [-0.39, 0.29) is 30.5 Å². The fourth-order valence-electron chi connectivity index (χ4n) is 7.28. The Hall–Kier alpha value is -3.98. The summed E-state index contributed by atoms with van der Waals surface area (Å²) < 4.78 is 43.7. The minimum Gasteiger partial charge on any atom is -0.507 e. The van der Waals surface area contributed by atoms with Crippen molar-refractivity contribution >= 4 is 23.2 Å². The number of nitrogens with zero attached hydrogens (tertiary/aromatic N) is 1. The number of likely N-dealkylation sites (N-methyl/N-ethyl adjacent to an activating group) is 1. The van der Waals surface area contributed by atoms with Gasteiger partial charge in [0.2, 0.25) is 11.7 Å². The topological polar surface area (TPSA) is 183 Å². The number of nitrogens with two attached hydrogens (primary N) is 1. The number of fused-ring (bicyclic) bond motifs is 3. The van der Waals surface area contributed by atoms with Crippen molar-refractivity contribution in [2.24, 2.45) is 23.5 Å². The van der Waals surface area contributed by atoms with E-state index in [1.54, 1.807) is 38.4 Å². The van der Waals surface area contributed by atoms with Crippen LogP contribution in [0.25, 0.3) is 16.9 Å². The molecular formula is C31H34F3N3O8. The van der Waals surface area contributed by atoms with Crippen molar-refractivity contribution in [3.05, 3.63) is 52.6 Å². The van der Waals surface area contributed by atoms with Crippen molar-refractivity contribution in [3.8, 4) is 22.6 Å². The van der Waals surface area contributed by atoms with Crippen LogP contribution in [0.4, 0.5) is 13.2 Å². The Labute approximate surface area is 256 Å². The lowest BCUT2D eigenvalue weighted by Gasteiger charge is -2.53. The molecule has 2 aromatic carbocycles. The Morgan fingerprint density at radius 3 is 2.44 bits per heavy atom. The first-order valence-corrected chi connectivity index (χ1v) is 14.2. The van der Waals surface area contributed by atoms with Crippen LogP contribution in [0.1, 0.15) is 23.1 Å². The number of hydrogen-bond acceptors (Lipinski definition) is 10. The molecule has 242 valence electrons. The second-order valence-electron chi connectivity index (χ2n) is 12.0. The van der Waals surface area contributed by atoms with Gasteiger partial charge in [0, 0.05) is 29.6 Å². The highest BCUT2D eigenvalue weighted by molar-refractivity contribution is 6.25. The van der Waals surface area contributed by atoms with E-state index in [2.05, 4.69) is 5.32 Å². The van der Waals surface area contributed by atoms with Crippen molar-refractivity contribution in [1.29, 1.82) is 0 Å². The molecule has 0 saturated heterocycles. The third-order valence-electron chi connectivity index (χ3n) is 9.18. The largest absolute Gasteiger partial charge is 0.507 e. The van der Waals surface area contributed by atoms with Gasteiger partial charge in [-0.2, -0.15) is 13.2 Å². The van der Waals surface area contributed by atoms with Gasteiger partial charge in [-0.05, 0) is 67.7 Å². The molecule has 6 atom stereocenters. The number of rotatable bonds is 7. The van der Waals surface area contributed by atoms with Gasteiger partial charge in [-0.1, -0.05) is 12.1 Å². The number of carbonyl (C=O) groups is 3. The number of hydrogen-bond donors (Lipinski definition) is 6. The minimum atomic E-state index is -4.40. The molecule has 11 nitrogen and oxygen atoms in total. The molecule has 5 rings (SSSR count). The zero-order chi connectivity index (χ0) is 33.2. The summed E-state index contributed by atoms with van der Waals surface area (Å²) in [5, 5.41) is 47.6. The Bertz CT molecular complexity index is 1610. The molecule has 0 aliphatic heterocycles. The molecule has 2 fully saturated rings. The van der Waals surface area contributed by atoms with Gasteiger partial charge in [0.15, 0.2) is 11.4 Å². The van der Waals surface area contributed by atoms with Gasteiger partial charge in [0.05, 0.1) is 25.3 Å². The summed E-state index contributed by atoms with van der Waals surface area (Å²) in [5.74, 6) is -8.13. The molecule has 1 amide bonds. The van der Waals surface area contributed by atoms with E-state index in [1.165, 1.54) is 18.1 Å². The zero-order valence-electron chi connectivity index (χ0n) is 24.7. The quantitative estimate of drug-likeness (QED) is 0.244. The number of ether oxygens (including phenoxy) is 1. The molecule has 3 aliphatic rings. The molecule has 14 heteroatoms. The van der Waals surface area contributed by atoms with Crippen LogP contribution >= 0.6 is 0 Å². The van der Waals surface area contributed by atoms with Gasteiger partial charge >= 0.3 is 6.18 Å². The van der Waals surface area contributed by atoms with Gasteiger partial charge in [-0.25, -0.2) is 0 Å². The lowest BCUT2D eigenvalue weighted by atomic mass is 9.54. The number of amides is 1. The Kier molecular flexibility index (Phi) is 8.23. The molecular weight excluding hydrogens is 599 g/mol. The number of primary amides is 1. The van der Waals surface area contributed by atoms with Crippen molar-refractivity contribution in [2.45, 2.75) is 43.3 Å². The summed E-state index contributed by atoms with van der Waals surface area (Å²) in [6.45, 7) is -1.31. The highest BCUT2D eigenvalue weighted by Crippen LogP contribution is 2.53. The molecule has 7 N–H and O–H groups in total. The average molecular weight is 634 g/mol. The van der Waals surface area contributed by atoms with E-state index in [0.29, 0.717) is 28.0 Å². The van der Waals surface area contributed by atoms with E-state index in [1.807, 2.05) is 0 Å². The number of alkyl halides is 3. The number of phenols is 1. The first-order valence-electron chi connectivity index (χ1n) is 14.2. The Morgan fingerprint density at radius 2 is 1.84 bits per heavy atom. The molecule has 0 aromatic heterocycles. The van der Waals surface area contributed by atoms with E-state index in [0.717, 1.165) is 0 Å². The van der Waals surface area contributed by atoms with E-state index < -0.39 is 77.2 Å². The van der Waals surface area contributed by atoms with Crippen molar-refractivity contribution < 1.29 is 52.7 Å². The number of phenolic OH excluding ortho intramolecular Hbond substituents is 1. The number of aliphatic hydroxyl groups excluding tert-OH is 2. The monoisotopic (exact) mass is 633 g/mol. The minimum absolute atomic E-state index is 0.0418. The molecule has 0 spiro atoms. The molecule has 45 heavy (non-hydrogen) atoms. The summed E-state index contributed by atoms with van der Waals surface area (Å²) in [6.07, 6.45) is -6.04. The fourth-order valence-corrected chi connectivity index (χ4v) is 7.28. The number of ketones is 2. The molecule has 0 heterocycles. The summed E-state index contributed by atoms with van der Waals surface area (Å²) in [6, 6.07) is 6.60. The van der Waals surface area contributed by atoms with Crippen LogP contribution in [-0.4, -0.2) is 94.5 Å². The van der Waals surface area contributed by atoms with E-state index >= 15 is 0 Å². The number of halogens is 3. The summed E-state index contributed by atoms with van der Waals surface area (Å²) in [5.41, 5.74) is 4.04. The number of carbonyl (C=O) groups excluding carboxylic acids is 3. The van der Waals surface area contributed by atoms with Gasteiger partial charge in [0.1, 0.15) is 23.2 Å². The first kappa shape index (κ1) is 32.4. The average Bonchev–Trinajstić information content (AvgIpc) is 2.94. The Morgan fingerprint density at radius 1 is 1.16 bits per heavy atom. The van der Waals surface area contributed by atoms with Gasteiger partial charge in [-0.3, -0.25) is 14.4 Å². The number of nitrogens with one attached hydrogen (secondary N) is 1. The summed E-state index contributed by atoms with van der Waals surface area (Å²) >= 11 is 0. The van der Waals surface area contributed by atoms with E-state index in [4.69, 9.17) is 10.5 Å². The lowest BCUT2D eigenvalue weighted by molar-refractivity contribution is -0.184. The van der Waals surface area contributed by atoms with Gasteiger partial charge in [-0.15, -0.1) is 0 Å². The third-order valence-corrected chi connectivity index (χ3v) is 9.18. The molecule has 2 saturated carbocycles. The number of Topliss-reactive ketones (excluding diaryl/α,β-unsaturated/α-hetero) is 2. The number of methoxy groups -OCH3 is 1. The van der Waals surface area contributed by atoms with Crippen LogP contribution < -0.4 is 15.8 Å². The van der Waals surface area contributed by atoms with Crippen LogP contribution in [0, 0.1) is 17.8 Å². The van der Waals surface area contributed by atoms with E-state index in [9.17, 15) is 48.0 Å². The lowest BCUT2D eigenvalue weighted by Crippen LogP contribution is -2.73. The Balaban J connectivity index is 1.64. The normalized spacial score (nSPS) is 28.1. The second-order valence-corrected chi connectivity index (χ2v) is 12.0. The van der Waals surface area contributed by atoms with Crippen LogP contribution in [0.2, 0.25) is 0 Å². The predicted octanol–water partition coefficient (Wildman–Crippen LogP) is 1.46. The molecule has 2 aromatic rings. The standard InChI is InChI=1S/C31H34F3N3O8/c1-37(2)24-18-10-14-9-17-15(16-8-13(4-7-20(16)45-3)11-36-12-30(32,33)34)5-6-19(38)22(17)25(39)21(14)27(41)31(18,44)28(42)23(26(24)40)29(35)43/h4-8,14,18,23-24,26,36,38-40,44H,9-12H2,1-3H3,(H2,35,43)/t14-,18-,23?,24?,26?,31-/m0/s1. The number of aliphatic hydroxyl groups is 3. The van der Waals surface area contributed by atoms with Gasteiger partial charge in [0.25, 0.3) is 0 Å². The van der Waals surface area contributed by atoms with Crippen molar-refractivity contribution in [1.82, 2.24) is 10.2 Å². The number of aromatic hydroxyl groups is 1. The maximum Gasteiger partial charge on any atom is 0.401 e. The maximum atomic E-state index is 14.0. The molecule has 3 unspecified atom stereocenters. The molecule has 3 aliphatic carbocycles. The van der Waals surface area contributed by atoms with Crippen molar-refractivity contribution in [3.63, 3.8) is 0 Å². The number of benzene rings is 2. The first-order chi connectivity index (χ1) is 21.0.